The molecular formula is C17H25N2O2PS2. The van der Waals surface area contributed by atoms with E-state index in [4.69, 9.17) is 26.1 Å². The van der Waals surface area contributed by atoms with Crippen molar-refractivity contribution in [2.75, 3.05) is 25.5 Å². The molecule has 1 saturated heterocycles. The van der Waals surface area contributed by atoms with E-state index in [-0.39, 0.29) is 6.04 Å². The smallest absolute Gasteiger partial charge is 0.294 e. The summed E-state index contributed by atoms with van der Waals surface area (Å²) in [4.78, 5) is 4.94. The molecule has 0 radical (unpaired) electrons. The summed E-state index contributed by atoms with van der Waals surface area (Å²) in [5.74, 6) is 1.01. The molecule has 0 amide bonds. The average Bonchev–Trinajstić information content (AvgIpc) is 3.22. The number of aryl methyl sites for hydroxylation is 1. The lowest BCUT2D eigenvalue weighted by atomic mass is 10.1. The van der Waals surface area contributed by atoms with Gasteiger partial charge in [0.2, 0.25) is 5.62 Å². The molecule has 1 aromatic rings. The second-order valence-electron chi connectivity index (χ2n) is 5.86. The first kappa shape index (κ1) is 18.2. The number of hydrogen-bond acceptors (Lipinski definition) is 5. The SMILES string of the molecule is CCCSP(=S)(OCC)N1CCOC1=N[C@H]1CCc2ccccc21. The van der Waals surface area contributed by atoms with Gasteiger partial charge in [-0.2, -0.15) is 0 Å². The van der Waals surface area contributed by atoms with Gasteiger partial charge in [-0.05, 0) is 49.1 Å². The Balaban J connectivity index is 1.83. The number of amidine groups is 1. The Morgan fingerprint density at radius 2 is 2.25 bits per heavy atom. The molecule has 7 heteroatoms. The Morgan fingerprint density at radius 3 is 3.04 bits per heavy atom. The molecule has 1 aromatic carbocycles. The fraction of sp³-hybridized carbons (Fsp3) is 0.588. The Hall–Kier alpha value is -0.550. The van der Waals surface area contributed by atoms with Gasteiger partial charge in [-0.25, -0.2) is 4.99 Å². The zero-order valence-electron chi connectivity index (χ0n) is 14.3. The van der Waals surface area contributed by atoms with Crippen LogP contribution < -0.4 is 0 Å². The van der Waals surface area contributed by atoms with Crippen LogP contribution in [-0.4, -0.2) is 36.2 Å². The third-order valence-corrected chi connectivity index (χ3v) is 10.9. The van der Waals surface area contributed by atoms with E-state index in [0.29, 0.717) is 19.2 Å². The topological polar surface area (TPSA) is 34.1 Å². The highest BCUT2D eigenvalue weighted by atomic mass is 32.9. The quantitative estimate of drug-likeness (QED) is 0.633. The monoisotopic (exact) mass is 384 g/mol. The Bertz CT molecular complexity index is 653. The summed E-state index contributed by atoms with van der Waals surface area (Å²) in [6, 6.07) is 9.44. The maximum atomic E-state index is 6.03. The van der Waals surface area contributed by atoms with Crippen molar-refractivity contribution in [2.24, 2.45) is 4.99 Å². The number of hydrogen-bond donors (Lipinski definition) is 0. The Morgan fingerprint density at radius 1 is 1.42 bits per heavy atom. The number of benzene rings is 1. The van der Waals surface area contributed by atoms with Gasteiger partial charge < -0.3 is 9.26 Å². The fourth-order valence-corrected chi connectivity index (χ4v) is 8.91. The second-order valence-corrected chi connectivity index (χ2v) is 12.6. The van der Waals surface area contributed by atoms with Crippen LogP contribution in [0.15, 0.2) is 29.3 Å². The summed E-state index contributed by atoms with van der Waals surface area (Å²) in [6.07, 6.45) is 3.22. The van der Waals surface area contributed by atoms with Crippen LogP contribution >= 0.6 is 17.0 Å². The van der Waals surface area contributed by atoms with Crippen LogP contribution in [0.25, 0.3) is 0 Å². The third-order valence-electron chi connectivity index (χ3n) is 4.17. The zero-order chi connectivity index (χ0) is 17.0. The summed E-state index contributed by atoms with van der Waals surface area (Å²) in [5, 5.41) is 0. The van der Waals surface area contributed by atoms with E-state index in [2.05, 4.69) is 35.9 Å². The maximum Gasteiger partial charge on any atom is 0.294 e. The maximum absolute atomic E-state index is 6.03. The standard InChI is InChI=1S/C17H25N2O2PS2/c1-3-13-24-22(23,21-4-2)19-11-12-20-17(19)18-16-10-9-14-7-5-6-8-15(14)16/h5-8,16H,3-4,9-13H2,1-2H3/t16-,22?/m0/s1. The molecule has 4 nitrogen and oxygen atoms in total. The highest BCUT2D eigenvalue weighted by Gasteiger charge is 2.36. The molecule has 0 aromatic heterocycles. The predicted molar refractivity (Wildman–Crippen MR) is 106 cm³/mol. The highest BCUT2D eigenvalue weighted by Crippen LogP contribution is 2.63. The van der Waals surface area contributed by atoms with Crippen molar-refractivity contribution in [3.8, 4) is 0 Å². The van der Waals surface area contributed by atoms with E-state index in [1.165, 1.54) is 11.1 Å². The van der Waals surface area contributed by atoms with E-state index >= 15 is 0 Å². The minimum Gasteiger partial charge on any atom is -0.463 e. The lowest BCUT2D eigenvalue weighted by Gasteiger charge is -2.30. The number of nitrogens with zero attached hydrogens (tertiary/aromatic N) is 2. The van der Waals surface area contributed by atoms with E-state index in [1.54, 1.807) is 11.4 Å². The molecule has 1 heterocycles. The lowest BCUT2D eigenvalue weighted by Crippen LogP contribution is -2.23. The molecule has 2 aliphatic rings. The van der Waals surface area contributed by atoms with Crippen molar-refractivity contribution >= 4 is 34.8 Å². The largest absolute Gasteiger partial charge is 0.463 e. The van der Waals surface area contributed by atoms with Gasteiger partial charge in [0.05, 0.1) is 19.2 Å². The first-order valence-electron chi connectivity index (χ1n) is 8.63. The average molecular weight is 385 g/mol. The lowest BCUT2D eigenvalue weighted by molar-refractivity contribution is 0.347. The first-order valence-corrected chi connectivity index (χ1v) is 12.9. The van der Waals surface area contributed by atoms with Crippen LogP contribution in [0.4, 0.5) is 0 Å². The van der Waals surface area contributed by atoms with Crippen LogP contribution in [0.5, 0.6) is 0 Å². The number of fused-ring (bicyclic) bond motifs is 1. The molecule has 2 atom stereocenters. The second kappa shape index (κ2) is 8.22. The van der Waals surface area contributed by atoms with Crippen LogP contribution in [0.3, 0.4) is 0 Å². The van der Waals surface area contributed by atoms with Crippen LogP contribution in [0, 0.1) is 0 Å². The van der Waals surface area contributed by atoms with Crippen LogP contribution in [-0.2, 0) is 27.5 Å². The zero-order valence-corrected chi connectivity index (χ0v) is 16.8. The van der Waals surface area contributed by atoms with Gasteiger partial charge in [0.25, 0.3) is 6.02 Å². The van der Waals surface area contributed by atoms with Crippen molar-refractivity contribution in [1.29, 1.82) is 0 Å². The third kappa shape index (κ3) is 3.82. The van der Waals surface area contributed by atoms with Gasteiger partial charge in [0, 0.05) is 5.75 Å². The number of rotatable bonds is 7. The normalized spacial score (nSPS) is 24.0. The molecular weight excluding hydrogens is 359 g/mol. The molecule has 0 spiro atoms. The van der Waals surface area contributed by atoms with Crippen LogP contribution in [0.1, 0.15) is 43.9 Å². The summed E-state index contributed by atoms with van der Waals surface area (Å²) in [5.41, 5.74) is 0.576. The van der Waals surface area contributed by atoms with Gasteiger partial charge >= 0.3 is 0 Å². The van der Waals surface area contributed by atoms with Crippen molar-refractivity contribution in [3.63, 3.8) is 0 Å². The molecule has 0 N–H and O–H groups in total. The Kier molecular flexibility index (Phi) is 6.25. The Labute approximate surface area is 153 Å². The fourth-order valence-electron chi connectivity index (χ4n) is 3.07. The minimum atomic E-state index is -2.15. The molecule has 1 aliphatic carbocycles. The van der Waals surface area contributed by atoms with Gasteiger partial charge in [-0.3, -0.25) is 4.67 Å². The van der Waals surface area contributed by atoms with E-state index in [1.807, 2.05) is 6.92 Å². The van der Waals surface area contributed by atoms with Gasteiger partial charge in [0.15, 0.2) is 0 Å². The highest BCUT2D eigenvalue weighted by molar-refractivity contribution is 8.68. The molecule has 24 heavy (non-hydrogen) atoms. The van der Waals surface area contributed by atoms with E-state index < -0.39 is 5.62 Å². The first-order chi connectivity index (χ1) is 11.7. The summed E-state index contributed by atoms with van der Waals surface area (Å²) in [7, 11) is 0. The molecule has 132 valence electrons. The molecule has 3 rings (SSSR count). The van der Waals surface area contributed by atoms with Crippen molar-refractivity contribution in [2.45, 2.75) is 39.2 Å². The van der Waals surface area contributed by atoms with Gasteiger partial charge in [-0.15, -0.1) is 0 Å². The molecule has 1 aliphatic heterocycles. The van der Waals surface area contributed by atoms with E-state index in [9.17, 15) is 0 Å². The number of aliphatic imine (C=N–C) groups is 1. The summed E-state index contributed by atoms with van der Waals surface area (Å²) in [6.45, 7) is 6.23. The van der Waals surface area contributed by atoms with E-state index in [0.717, 1.165) is 31.6 Å². The summed E-state index contributed by atoms with van der Waals surface area (Å²) < 4.78 is 14.0. The molecule has 1 unspecified atom stereocenters. The van der Waals surface area contributed by atoms with Crippen molar-refractivity contribution in [1.82, 2.24) is 4.67 Å². The molecule has 1 fully saturated rings. The van der Waals surface area contributed by atoms with Crippen molar-refractivity contribution < 1.29 is 9.26 Å². The molecule has 0 saturated carbocycles. The van der Waals surface area contributed by atoms with Crippen molar-refractivity contribution in [3.05, 3.63) is 35.4 Å². The van der Waals surface area contributed by atoms with Gasteiger partial charge in [0.1, 0.15) is 6.61 Å². The number of ether oxygens (including phenoxy) is 1. The summed E-state index contributed by atoms with van der Waals surface area (Å²) >= 11 is 7.70. The molecule has 0 bridgehead atoms. The minimum absolute atomic E-state index is 0.179. The van der Waals surface area contributed by atoms with Crippen LogP contribution in [0.2, 0.25) is 0 Å². The predicted octanol–water partition coefficient (Wildman–Crippen LogP) is 4.77. The van der Waals surface area contributed by atoms with Gasteiger partial charge in [-0.1, -0.05) is 42.6 Å².